The molecule has 0 bridgehead atoms. The zero-order valence-electron chi connectivity index (χ0n) is 21.4. The van der Waals surface area contributed by atoms with E-state index in [0.29, 0.717) is 33.6 Å². The molecule has 38 heavy (non-hydrogen) atoms. The number of amides is 1. The number of nitrogens with zero attached hydrogens (tertiary/aromatic N) is 3. The zero-order chi connectivity index (χ0) is 27.1. The van der Waals surface area contributed by atoms with Crippen LogP contribution in [0, 0.1) is 0 Å². The molecule has 0 spiro atoms. The molecule has 1 amide bonds. The van der Waals surface area contributed by atoms with Crippen molar-refractivity contribution in [3.63, 3.8) is 0 Å². The van der Waals surface area contributed by atoms with Gasteiger partial charge in [0.1, 0.15) is 16.3 Å². The number of carbonyl (C=O) groups excluding carboxylic acids is 2. The van der Waals surface area contributed by atoms with E-state index in [9.17, 15) is 9.59 Å². The molecule has 4 aromatic rings. The number of benzene rings is 1. The first kappa shape index (κ1) is 27.6. The molecule has 0 aliphatic heterocycles. The Balaban J connectivity index is 1.50. The van der Waals surface area contributed by atoms with Crippen molar-refractivity contribution in [2.24, 2.45) is 0 Å². The third-order valence-corrected chi connectivity index (χ3v) is 8.46. The number of nitrogens with one attached hydrogen (secondary N) is 1. The topological polar surface area (TPSA) is 95.3 Å². The van der Waals surface area contributed by atoms with E-state index in [0.717, 1.165) is 29.8 Å². The van der Waals surface area contributed by atoms with Crippen LogP contribution < -0.4 is 10.1 Å². The molecule has 0 atom stereocenters. The van der Waals surface area contributed by atoms with Gasteiger partial charge in [0, 0.05) is 33.3 Å². The van der Waals surface area contributed by atoms with Gasteiger partial charge in [-0.05, 0) is 30.2 Å². The summed E-state index contributed by atoms with van der Waals surface area (Å²) in [5.41, 5.74) is 2.83. The normalized spacial score (nSPS) is 10.8. The first-order valence-corrected chi connectivity index (χ1v) is 14.6. The second-order valence-corrected chi connectivity index (χ2v) is 11.0. The molecule has 8 nitrogen and oxygen atoms in total. The fourth-order valence-corrected chi connectivity index (χ4v) is 6.50. The molecule has 0 saturated carbocycles. The Morgan fingerprint density at radius 2 is 1.92 bits per heavy atom. The van der Waals surface area contributed by atoms with E-state index in [1.807, 2.05) is 34.2 Å². The van der Waals surface area contributed by atoms with Crippen LogP contribution in [0.4, 0.5) is 5.00 Å². The summed E-state index contributed by atoms with van der Waals surface area (Å²) in [4.78, 5) is 26.9. The molecule has 198 valence electrons. The Labute approximate surface area is 233 Å². The van der Waals surface area contributed by atoms with E-state index >= 15 is 0 Å². The summed E-state index contributed by atoms with van der Waals surface area (Å²) < 4.78 is 12.2. The Bertz CT molecular complexity index is 1420. The molecule has 0 fully saturated rings. The molecule has 0 radical (unpaired) electrons. The van der Waals surface area contributed by atoms with E-state index < -0.39 is 5.97 Å². The van der Waals surface area contributed by atoms with Gasteiger partial charge >= 0.3 is 5.97 Å². The fourth-order valence-electron chi connectivity index (χ4n) is 3.81. The van der Waals surface area contributed by atoms with Crippen LogP contribution in [-0.4, -0.2) is 46.6 Å². The summed E-state index contributed by atoms with van der Waals surface area (Å²) in [6.07, 6.45) is 3.89. The van der Waals surface area contributed by atoms with E-state index in [1.165, 1.54) is 35.1 Å². The largest absolute Gasteiger partial charge is 0.497 e. The highest BCUT2D eigenvalue weighted by atomic mass is 32.2. The van der Waals surface area contributed by atoms with Crippen LogP contribution in [0.25, 0.3) is 22.5 Å². The summed E-state index contributed by atoms with van der Waals surface area (Å²) in [6, 6.07) is 9.49. The zero-order valence-corrected chi connectivity index (χ0v) is 23.8. The lowest BCUT2D eigenvalue weighted by Crippen LogP contribution is -2.16. The monoisotopic (exact) mass is 568 g/mol. The van der Waals surface area contributed by atoms with Crippen LogP contribution in [0.15, 0.2) is 58.9 Å². The minimum Gasteiger partial charge on any atom is -0.497 e. The van der Waals surface area contributed by atoms with Crippen molar-refractivity contribution in [3.8, 4) is 28.3 Å². The van der Waals surface area contributed by atoms with Crippen LogP contribution in [0.3, 0.4) is 0 Å². The maximum Gasteiger partial charge on any atom is 0.341 e. The average molecular weight is 569 g/mol. The number of allylic oxidation sites excluding steroid dienone is 1. The number of methoxy groups -OCH3 is 2. The smallest absolute Gasteiger partial charge is 0.341 e. The number of hydrogen-bond acceptors (Lipinski definition) is 9. The number of thiophene rings is 2. The lowest BCUT2D eigenvalue weighted by atomic mass is 10.0. The van der Waals surface area contributed by atoms with Gasteiger partial charge in [0.2, 0.25) is 5.91 Å². The number of rotatable bonds is 12. The standard InChI is InChI=1S/C27H28N4O4S3/c1-5-7-20-13-18(14-36-20)24-29-30-27(31(24)12-6-2)38-16-22(32)28-25-23(26(33)35-4)21(15-37-25)17-8-10-19(34-3)11-9-17/h6,8-11,13-15H,2,5,7,12,16H2,1,3-4H3,(H,28,32). The van der Waals surface area contributed by atoms with Gasteiger partial charge < -0.3 is 14.8 Å². The van der Waals surface area contributed by atoms with Gasteiger partial charge in [-0.15, -0.1) is 39.4 Å². The number of anilines is 1. The third-order valence-electron chi connectivity index (χ3n) is 5.60. The van der Waals surface area contributed by atoms with E-state index in [1.54, 1.807) is 24.5 Å². The lowest BCUT2D eigenvalue weighted by Gasteiger charge is -2.09. The van der Waals surface area contributed by atoms with E-state index in [4.69, 9.17) is 9.47 Å². The first-order valence-electron chi connectivity index (χ1n) is 11.9. The Morgan fingerprint density at radius 1 is 1.13 bits per heavy atom. The number of carbonyl (C=O) groups is 2. The van der Waals surface area contributed by atoms with Crippen molar-refractivity contribution in [2.75, 3.05) is 25.3 Å². The predicted molar refractivity (Wildman–Crippen MR) is 155 cm³/mol. The Morgan fingerprint density at radius 3 is 2.61 bits per heavy atom. The lowest BCUT2D eigenvalue weighted by molar-refractivity contribution is -0.113. The third kappa shape index (κ3) is 6.17. The summed E-state index contributed by atoms with van der Waals surface area (Å²) in [6.45, 7) is 6.53. The first-order chi connectivity index (χ1) is 18.5. The number of thioether (sulfide) groups is 1. The van der Waals surface area contributed by atoms with Gasteiger partial charge in [-0.1, -0.05) is 43.3 Å². The minimum absolute atomic E-state index is 0.0936. The average Bonchev–Trinajstić information content (AvgIpc) is 3.66. The molecule has 1 aromatic carbocycles. The molecular formula is C27H28N4O4S3. The summed E-state index contributed by atoms with van der Waals surface area (Å²) >= 11 is 4.27. The molecule has 1 N–H and O–H groups in total. The Kier molecular flexibility index (Phi) is 9.38. The molecule has 11 heteroatoms. The highest BCUT2D eigenvalue weighted by molar-refractivity contribution is 7.99. The second-order valence-electron chi connectivity index (χ2n) is 8.17. The van der Waals surface area contributed by atoms with Crippen LogP contribution in [0.1, 0.15) is 28.6 Å². The summed E-state index contributed by atoms with van der Waals surface area (Å²) in [5.74, 6) is 0.771. The predicted octanol–water partition coefficient (Wildman–Crippen LogP) is 6.40. The Hall–Kier alpha value is -3.41. The SMILES string of the molecule is C=CCn1c(SCC(=O)Nc2scc(-c3ccc(OC)cc3)c2C(=O)OC)nnc1-c1csc(CCC)c1. The summed E-state index contributed by atoms with van der Waals surface area (Å²) in [7, 11) is 2.92. The molecule has 3 heterocycles. The van der Waals surface area contributed by atoms with E-state index in [-0.39, 0.29) is 11.7 Å². The quantitative estimate of drug-likeness (QED) is 0.120. The van der Waals surface area contributed by atoms with Crippen LogP contribution in [-0.2, 0) is 22.5 Å². The van der Waals surface area contributed by atoms with Gasteiger partial charge in [-0.3, -0.25) is 9.36 Å². The van der Waals surface area contributed by atoms with Gasteiger partial charge in [0.15, 0.2) is 11.0 Å². The van der Waals surface area contributed by atoms with Gasteiger partial charge in [0.05, 0.1) is 20.0 Å². The highest BCUT2D eigenvalue weighted by Gasteiger charge is 2.23. The fraction of sp³-hybridized carbons (Fsp3) is 0.259. The number of hydrogen-bond donors (Lipinski definition) is 1. The number of aromatic nitrogens is 3. The molecule has 0 unspecified atom stereocenters. The van der Waals surface area contributed by atoms with Crippen molar-refractivity contribution in [3.05, 3.63) is 64.2 Å². The number of esters is 1. The molecular weight excluding hydrogens is 541 g/mol. The van der Waals surface area contributed by atoms with Crippen LogP contribution in [0.5, 0.6) is 5.75 Å². The van der Waals surface area contributed by atoms with Gasteiger partial charge in [-0.25, -0.2) is 4.79 Å². The van der Waals surface area contributed by atoms with Gasteiger partial charge in [-0.2, -0.15) is 0 Å². The van der Waals surface area contributed by atoms with Crippen molar-refractivity contribution in [2.45, 2.75) is 31.5 Å². The van der Waals surface area contributed by atoms with Crippen molar-refractivity contribution in [1.29, 1.82) is 0 Å². The maximum atomic E-state index is 12.9. The summed E-state index contributed by atoms with van der Waals surface area (Å²) in [5, 5.41) is 16.6. The number of aryl methyl sites for hydroxylation is 1. The molecule has 3 aromatic heterocycles. The van der Waals surface area contributed by atoms with Crippen LogP contribution in [0.2, 0.25) is 0 Å². The van der Waals surface area contributed by atoms with Crippen LogP contribution >= 0.6 is 34.4 Å². The molecule has 4 rings (SSSR count). The maximum absolute atomic E-state index is 12.9. The highest BCUT2D eigenvalue weighted by Crippen LogP contribution is 2.37. The van der Waals surface area contributed by atoms with Crippen molar-refractivity contribution < 1.29 is 19.1 Å². The molecule has 0 aliphatic carbocycles. The van der Waals surface area contributed by atoms with Crippen molar-refractivity contribution in [1.82, 2.24) is 14.8 Å². The van der Waals surface area contributed by atoms with E-state index in [2.05, 4.69) is 40.5 Å². The second kappa shape index (κ2) is 12.9. The van der Waals surface area contributed by atoms with Gasteiger partial charge in [0.25, 0.3) is 0 Å². The van der Waals surface area contributed by atoms with Crippen molar-refractivity contribution >= 4 is 51.3 Å². The molecule has 0 aliphatic rings. The number of ether oxygens (including phenoxy) is 2. The molecule has 0 saturated heterocycles. The minimum atomic E-state index is -0.520.